The molecule has 1 N–H and O–H groups in total. The molecule has 7 heteroatoms. The van der Waals surface area contributed by atoms with Crippen LogP contribution in [0.5, 0.6) is 11.5 Å². The van der Waals surface area contributed by atoms with Gasteiger partial charge in [-0.1, -0.05) is 45.9 Å². The minimum Gasteiger partial charge on any atom is -0.489 e. The van der Waals surface area contributed by atoms with Crippen molar-refractivity contribution in [2.45, 2.75) is 71.3 Å². The number of carboxylic acids is 1. The molecule has 0 fully saturated rings. The van der Waals surface area contributed by atoms with Crippen molar-refractivity contribution in [3.05, 3.63) is 58.7 Å². The monoisotopic (exact) mass is 468 g/mol. The Bertz CT molecular complexity index is 1110. The van der Waals surface area contributed by atoms with Crippen molar-refractivity contribution in [3.8, 4) is 11.5 Å². The maximum atomic E-state index is 11.9. The third-order valence-corrected chi connectivity index (χ3v) is 6.40. The number of benzene rings is 2. The fourth-order valence-electron chi connectivity index (χ4n) is 4.39. The van der Waals surface area contributed by atoms with E-state index in [0.717, 1.165) is 18.4 Å². The zero-order valence-electron chi connectivity index (χ0n) is 20.6. The predicted octanol–water partition coefficient (Wildman–Crippen LogP) is 5.34. The molecule has 7 nitrogen and oxygen atoms in total. The fraction of sp³-hybridized carbons (Fsp3) is 0.444. The van der Waals surface area contributed by atoms with E-state index in [2.05, 4.69) is 39.8 Å². The van der Waals surface area contributed by atoms with Crippen LogP contribution in [-0.4, -0.2) is 29.6 Å². The van der Waals surface area contributed by atoms with E-state index < -0.39 is 24.0 Å². The van der Waals surface area contributed by atoms with Crippen LogP contribution >= 0.6 is 0 Å². The van der Waals surface area contributed by atoms with Gasteiger partial charge in [0.25, 0.3) is 0 Å². The van der Waals surface area contributed by atoms with Gasteiger partial charge in [0.2, 0.25) is 0 Å². The molecular formula is C27H32O7. The Hall–Kier alpha value is -3.35. The summed E-state index contributed by atoms with van der Waals surface area (Å²) in [6, 6.07) is 10.3. The lowest BCUT2D eigenvalue weighted by atomic mass is 9.63. The fourth-order valence-corrected chi connectivity index (χ4v) is 4.39. The topological polar surface area (TPSA) is 99.1 Å². The molecule has 1 aliphatic rings. The second-order valence-electron chi connectivity index (χ2n) is 10.0. The third-order valence-electron chi connectivity index (χ3n) is 6.40. The molecule has 1 aliphatic carbocycles. The second-order valence-corrected chi connectivity index (χ2v) is 10.0. The van der Waals surface area contributed by atoms with Crippen molar-refractivity contribution in [2.75, 3.05) is 6.61 Å². The Kier molecular flexibility index (Phi) is 7.05. The molecule has 0 radical (unpaired) electrons. The molecule has 1 atom stereocenters. The Morgan fingerprint density at radius 1 is 0.912 bits per heavy atom. The lowest BCUT2D eigenvalue weighted by molar-refractivity contribution is -0.148. The lowest BCUT2D eigenvalue weighted by Gasteiger charge is -2.42. The van der Waals surface area contributed by atoms with Crippen molar-refractivity contribution < 1.29 is 33.7 Å². The highest BCUT2D eigenvalue weighted by Crippen LogP contribution is 2.46. The second kappa shape index (κ2) is 9.49. The summed E-state index contributed by atoms with van der Waals surface area (Å²) < 4.78 is 16.5. The molecule has 0 aromatic heterocycles. The number of rotatable bonds is 7. The molecule has 3 rings (SSSR count). The van der Waals surface area contributed by atoms with Gasteiger partial charge in [-0.3, -0.25) is 9.59 Å². The molecule has 34 heavy (non-hydrogen) atoms. The first-order valence-electron chi connectivity index (χ1n) is 11.3. The Morgan fingerprint density at radius 3 is 2.15 bits per heavy atom. The zero-order valence-corrected chi connectivity index (χ0v) is 20.6. The Labute approximate surface area is 200 Å². The first-order chi connectivity index (χ1) is 15.8. The van der Waals surface area contributed by atoms with Gasteiger partial charge in [0, 0.05) is 19.9 Å². The number of hydrogen-bond acceptors (Lipinski definition) is 6. The quantitative estimate of drug-likeness (QED) is 0.432. The van der Waals surface area contributed by atoms with Gasteiger partial charge in [-0.2, -0.15) is 0 Å². The summed E-state index contributed by atoms with van der Waals surface area (Å²) in [7, 11) is 0. The molecule has 0 spiro atoms. The molecule has 182 valence electrons. The summed E-state index contributed by atoms with van der Waals surface area (Å²) in [5, 5.41) is 9.32. The first kappa shape index (κ1) is 25.3. The number of hydrogen-bond donors (Lipinski definition) is 1. The summed E-state index contributed by atoms with van der Waals surface area (Å²) in [5.74, 6) is -2.12. The molecule has 0 saturated carbocycles. The van der Waals surface area contributed by atoms with E-state index in [1.807, 2.05) is 6.07 Å². The van der Waals surface area contributed by atoms with Gasteiger partial charge in [-0.25, -0.2) is 4.79 Å². The highest BCUT2D eigenvalue weighted by molar-refractivity contribution is 5.92. The summed E-state index contributed by atoms with van der Waals surface area (Å²) >= 11 is 0. The van der Waals surface area contributed by atoms with Crippen molar-refractivity contribution in [2.24, 2.45) is 0 Å². The molecule has 0 bridgehead atoms. The molecular weight excluding hydrogens is 436 g/mol. The van der Waals surface area contributed by atoms with Crippen LogP contribution in [0.4, 0.5) is 0 Å². The van der Waals surface area contributed by atoms with E-state index in [1.165, 1.54) is 43.2 Å². The average Bonchev–Trinajstić information content (AvgIpc) is 2.73. The number of carbonyl (C=O) groups excluding carboxylic acids is 2. The molecule has 0 aliphatic heterocycles. The van der Waals surface area contributed by atoms with Gasteiger partial charge in [0.1, 0.15) is 23.7 Å². The highest BCUT2D eigenvalue weighted by atomic mass is 16.6. The van der Waals surface area contributed by atoms with Crippen molar-refractivity contribution in [1.29, 1.82) is 0 Å². The summed E-state index contributed by atoms with van der Waals surface area (Å²) in [5.41, 5.74) is 3.26. The van der Waals surface area contributed by atoms with Gasteiger partial charge in [-0.15, -0.1) is 0 Å². The van der Waals surface area contributed by atoms with Gasteiger partial charge in [0.05, 0.1) is 0 Å². The summed E-state index contributed by atoms with van der Waals surface area (Å²) in [6.07, 6.45) is 1.49. The number of esters is 2. The smallest absolute Gasteiger partial charge is 0.339 e. The molecule has 0 heterocycles. The van der Waals surface area contributed by atoms with E-state index in [-0.39, 0.29) is 34.5 Å². The van der Waals surface area contributed by atoms with Gasteiger partial charge >= 0.3 is 17.9 Å². The van der Waals surface area contributed by atoms with Crippen LogP contribution in [0.3, 0.4) is 0 Å². The maximum Gasteiger partial charge on any atom is 0.339 e. The maximum absolute atomic E-state index is 11.9. The third kappa shape index (κ3) is 5.58. The molecule has 1 unspecified atom stereocenters. The van der Waals surface area contributed by atoms with Crippen LogP contribution in [0.1, 0.15) is 87.5 Å². The average molecular weight is 469 g/mol. The molecule has 0 saturated heterocycles. The largest absolute Gasteiger partial charge is 0.489 e. The normalized spacial score (nSPS) is 16.6. The first-order valence-corrected chi connectivity index (χ1v) is 11.3. The zero-order chi connectivity index (χ0) is 25.3. The van der Waals surface area contributed by atoms with Crippen LogP contribution in [0.2, 0.25) is 0 Å². The van der Waals surface area contributed by atoms with Gasteiger partial charge in [0.15, 0.2) is 6.10 Å². The lowest BCUT2D eigenvalue weighted by Crippen LogP contribution is -2.34. The summed E-state index contributed by atoms with van der Waals surface area (Å²) in [6.45, 7) is 11.5. The number of fused-ring (bicyclic) bond motifs is 1. The molecule has 2 aromatic rings. The Morgan fingerprint density at radius 2 is 1.56 bits per heavy atom. The predicted molar refractivity (Wildman–Crippen MR) is 126 cm³/mol. The molecule has 0 amide bonds. The number of carbonyl (C=O) groups is 3. The number of ether oxygens (including phenoxy) is 3. The van der Waals surface area contributed by atoms with E-state index in [0.29, 0.717) is 0 Å². The Balaban J connectivity index is 1.90. The van der Waals surface area contributed by atoms with E-state index >= 15 is 0 Å². The van der Waals surface area contributed by atoms with Crippen LogP contribution in [0.15, 0.2) is 36.4 Å². The van der Waals surface area contributed by atoms with Crippen LogP contribution in [-0.2, 0) is 25.2 Å². The van der Waals surface area contributed by atoms with Gasteiger partial charge in [-0.05, 0) is 52.5 Å². The van der Waals surface area contributed by atoms with E-state index in [1.54, 1.807) is 0 Å². The number of carboxylic acid groups (broad SMARTS) is 1. The van der Waals surface area contributed by atoms with E-state index in [4.69, 9.17) is 14.2 Å². The standard InChI is InChI=1S/C27H32O7/c1-16(28)33-23-14-19(8-9-20(23)25(30)31)32-15-24(34-17(2)29)18-7-10-21-22(13-18)27(5,6)12-11-26(21,3)4/h7-10,13-14,24H,11-12,15H2,1-6H3,(H,30,31). The van der Waals surface area contributed by atoms with Crippen molar-refractivity contribution in [1.82, 2.24) is 0 Å². The van der Waals surface area contributed by atoms with Crippen LogP contribution < -0.4 is 9.47 Å². The van der Waals surface area contributed by atoms with E-state index in [9.17, 15) is 19.5 Å². The number of aromatic carboxylic acids is 1. The highest BCUT2D eigenvalue weighted by Gasteiger charge is 2.37. The SMILES string of the molecule is CC(=O)Oc1cc(OCC(OC(C)=O)c2ccc3c(c2)C(C)(C)CCC3(C)C)ccc1C(=O)O. The minimum absolute atomic E-state index is 0.00587. The summed E-state index contributed by atoms with van der Waals surface area (Å²) in [4.78, 5) is 34.6. The van der Waals surface area contributed by atoms with Crippen molar-refractivity contribution >= 4 is 17.9 Å². The molecule has 2 aromatic carbocycles. The minimum atomic E-state index is -1.22. The van der Waals surface area contributed by atoms with Crippen LogP contribution in [0.25, 0.3) is 0 Å². The van der Waals surface area contributed by atoms with Crippen molar-refractivity contribution in [3.63, 3.8) is 0 Å². The van der Waals surface area contributed by atoms with Crippen LogP contribution in [0, 0.1) is 0 Å². The van der Waals surface area contributed by atoms with Gasteiger partial charge < -0.3 is 19.3 Å².